The van der Waals surface area contributed by atoms with E-state index in [0.717, 1.165) is 25.9 Å². The van der Waals surface area contributed by atoms with Crippen LogP contribution in [0.15, 0.2) is 9.95 Å². The molecular weight excluding hydrogens is 308 g/mol. The summed E-state index contributed by atoms with van der Waals surface area (Å²) in [6.07, 6.45) is 3.09. The van der Waals surface area contributed by atoms with Crippen LogP contribution in [0.4, 0.5) is 0 Å². The molecule has 0 aromatic carbocycles. The maximum atomic E-state index is 12.0. The first-order chi connectivity index (χ1) is 10.6. The Labute approximate surface area is 131 Å². The molecule has 2 amide bonds. The molecule has 1 aromatic rings. The number of ether oxygens (including phenoxy) is 1. The Morgan fingerprint density at radius 2 is 2.27 bits per heavy atom. The molecule has 1 N–H and O–H groups in total. The third-order valence-corrected chi connectivity index (χ3v) is 4.79. The zero-order valence-electron chi connectivity index (χ0n) is 12.1. The third-order valence-electron chi connectivity index (χ3n) is 3.83. The van der Waals surface area contributed by atoms with Crippen LogP contribution < -0.4 is 5.69 Å². The van der Waals surface area contributed by atoms with Crippen molar-refractivity contribution in [3.8, 4) is 0 Å². The number of rotatable bonds is 5. The summed E-state index contributed by atoms with van der Waals surface area (Å²) < 4.78 is 7.03. The Morgan fingerprint density at radius 3 is 2.95 bits per heavy atom. The minimum atomic E-state index is -0.303. The molecule has 0 radical (unpaired) electrons. The Kier molecular flexibility index (Phi) is 4.63. The molecule has 22 heavy (non-hydrogen) atoms. The Hall–Kier alpha value is -1.61. The fraction of sp³-hybridized carbons (Fsp3) is 0.692. The third kappa shape index (κ3) is 3.25. The fourth-order valence-corrected chi connectivity index (χ4v) is 3.51. The van der Waals surface area contributed by atoms with E-state index < -0.39 is 0 Å². The standard InChI is InChI=1S/C13H18N4O4S/c18-10-4-1-5-16(10)11(19)8-22-13-15-14-12(20)17(13)7-9-3-2-6-21-9/h9H,1-8H2,(H,14,20)/t9-/m1/s1. The van der Waals surface area contributed by atoms with E-state index in [2.05, 4.69) is 10.2 Å². The van der Waals surface area contributed by atoms with Gasteiger partial charge in [0.1, 0.15) is 0 Å². The maximum absolute atomic E-state index is 12.0. The monoisotopic (exact) mass is 326 g/mol. The zero-order valence-corrected chi connectivity index (χ0v) is 12.9. The number of nitrogens with zero attached hydrogens (tertiary/aromatic N) is 3. The lowest BCUT2D eigenvalue weighted by Gasteiger charge is -2.13. The second-order valence-electron chi connectivity index (χ2n) is 5.39. The van der Waals surface area contributed by atoms with Gasteiger partial charge < -0.3 is 4.74 Å². The summed E-state index contributed by atoms with van der Waals surface area (Å²) in [5.41, 5.74) is -0.303. The number of nitrogens with one attached hydrogen (secondary N) is 1. The van der Waals surface area contributed by atoms with Crippen molar-refractivity contribution in [3.63, 3.8) is 0 Å². The van der Waals surface area contributed by atoms with E-state index in [-0.39, 0.29) is 29.4 Å². The first-order valence-electron chi connectivity index (χ1n) is 7.38. The number of thioether (sulfide) groups is 1. The van der Waals surface area contributed by atoms with Gasteiger partial charge in [-0.15, -0.1) is 5.10 Å². The van der Waals surface area contributed by atoms with Gasteiger partial charge in [-0.25, -0.2) is 9.89 Å². The Morgan fingerprint density at radius 1 is 1.41 bits per heavy atom. The summed E-state index contributed by atoms with van der Waals surface area (Å²) in [7, 11) is 0. The molecule has 2 saturated heterocycles. The maximum Gasteiger partial charge on any atom is 0.344 e. The molecule has 120 valence electrons. The van der Waals surface area contributed by atoms with Crippen molar-refractivity contribution in [2.75, 3.05) is 18.9 Å². The van der Waals surface area contributed by atoms with Crippen LogP contribution in [-0.2, 0) is 20.9 Å². The van der Waals surface area contributed by atoms with Gasteiger partial charge in [-0.05, 0) is 19.3 Å². The van der Waals surface area contributed by atoms with Crippen LogP contribution in [0.3, 0.4) is 0 Å². The van der Waals surface area contributed by atoms with Crippen LogP contribution in [0.2, 0.25) is 0 Å². The lowest BCUT2D eigenvalue weighted by atomic mass is 10.2. The van der Waals surface area contributed by atoms with Crippen molar-refractivity contribution in [1.82, 2.24) is 19.7 Å². The number of aromatic amines is 1. The lowest BCUT2D eigenvalue weighted by molar-refractivity contribution is -0.140. The molecule has 0 bridgehead atoms. The van der Waals surface area contributed by atoms with E-state index in [0.29, 0.717) is 24.7 Å². The Bertz CT molecular complexity index is 620. The van der Waals surface area contributed by atoms with Gasteiger partial charge in [0.05, 0.1) is 18.4 Å². The number of amides is 2. The van der Waals surface area contributed by atoms with E-state index >= 15 is 0 Å². The number of hydrogen-bond acceptors (Lipinski definition) is 6. The van der Waals surface area contributed by atoms with E-state index in [1.54, 1.807) is 0 Å². The van der Waals surface area contributed by atoms with Crippen LogP contribution in [-0.4, -0.2) is 56.5 Å². The molecule has 3 rings (SSSR count). The average molecular weight is 326 g/mol. The zero-order chi connectivity index (χ0) is 15.5. The van der Waals surface area contributed by atoms with Crippen molar-refractivity contribution < 1.29 is 14.3 Å². The molecule has 9 heteroatoms. The van der Waals surface area contributed by atoms with Crippen molar-refractivity contribution in [2.24, 2.45) is 0 Å². The van der Waals surface area contributed by atoms with Crippen molar-refractivity contribution >= 4 is 23.6 Å². The van der Waals surface area contributed by atoms with Gasteiger partial charge in [0, 0.05) is 19.6 Å². The van der Waals surface area contributed by atoms with Gasteiger partial charge in [0.25, 0.3) is 0 Å². The highest BCUT2D eigenvalue weighted by atomic mass is 32.2. The molecule has 0 unspecified atom stereocenters. The minimum Gasteiger partial charge on any atom is -0.376 e. The second-order valence-corrected chi connectivity index (χ2v) is 6.33. The molecule has 2 aliphatic rings. The van der Waals surface area contributed by atoms with E-state index in [1.165, 1.54) is 21.2 Å². The van der Waals surface area contributed by atoms with E-state index in [9.17, 15) is 14.4 Å². The molecule has 2 aliphatic heterocycles. The number of carbonyl (C=O) groups excluding carboxylic acids is 2. The number of likely N-dealkylation sites (tertiary alicyclic amines) is 1. The van der Waals surface area contributed by atoms with Crippen molar-refractivity contribution in [1.29, 1.82) is 0 Å². The summed E-state index contributed by atoms with van der Waals surface area (Å²) in [6, 6.07) is 0. The number of hydrogen-bond donors (Lipinski definition) is 1. The van der Waals surface area contributed by atoms with Crippen LogP contribution in [0, 0.1) is 0 Å². The van der Waals surface area contributed by atoms with Crippen LogP contribution in [0.1, 0.15) is 25.7 Å². The molecular formula is C13H18N4O4S. The molecule has 1 atom stereocenters. The molecule has 3 heterocycles. The number of carbonyl (C=O) groups is 2. The van der Waals surface area contributed by atoms with Gasteiger partial charge in [-0.1, -0.05) is 11.8 Å². The first kappa shape index (κ1) is 15.3. The predicted octanol–water partition coefficient (Wildman–Crippen LogP) is -0.00850. The summed E-state index contributed by atoms with van der Waals surface area (Å²) in [6.45, 7) is 1.64. The average Bonchev–Trinajstić information content (AvgIpc) is 3.22. The number of aromatic nitrogens is 3. The van der Waals surface area contributed by atoms with Gasteiger partial charge in [-0.3, -0.25) is 19.1 Å². The highest BCUT2D eigenvalue weighted by Gasteiger charge is 2.27. The molecule has 8 nitrogen and oxygen atoms in total. The Balaban J connectivity index is 1.61. The lowest BCUT2D eigenvalue weighted by Crippen LogP contribution is -2.33. The predicted molar refractivity (Wildman–Crippen MR) is 78.5 cm³/mol. The largest absolute Gasteiger partial charge is 0.376 e. The minimum absolute atomic E-state index is 0.0190. The van der Waals surface area contributed by atoms with Gasteiger partial charge in [-0.2, -0.15) is 0 Å². The molecule has 0 spiro atoms. The molecule has 0 saturated carbocycles. The molecule has 2 fully saturated rings. The quantitative estimate of drug-likeness (QED) is 0.765. The summed E-state index contributed by atoms with van der Waals surface area (Å²) in [5.74, 6) is -0.252. The summed E-state index contributed by atoms with van der Waals surface area (Å²) in [4.78, 5) is 36.6. The molecule has 1 aromatic heterocycles. The molecule has 0 aliphatic carbocycles. The highest BCUT2D eigenvalue weighted by Crippen LogP contribution is 2.19. The summed E-state index contributed by atoms with van der Waals surface area (Å²) in [5, 5.41) is 6.81. The summed E-state index contributed by atoms with van der Waals surface area (Å²) >= 11 is 1.17. The highest BCUT2D eigenvalue weighted by molar-refractivity contribution is 7.99. The first-order valence-corrected chi connectivity index (χ1v) is 8.36. The van der Waals surface area contributed by atoms with Gasteiger partial charge in [0.2, 0.25) is 11.8 Å². The van der Waals surface area contributed by atoms with Crippen LogP contribution in [0.5, 0.6) is 0 Å². The van der Waals surface area contributed by atoms with Crippen molar-refractivity contribution in [3.05, 3.63) is 10.5 Å². The second kappa shape index (κ2) is 6.66. The van der Waals surface area contributed by atoms with Crippen LogP contribution >= 0.6 is 11.8 Å². The van der Waals surface area contributed by atoms with Crippen molar-refractivity contribution in [2.45, 2.75) is 43.5 Å². The van der Waals surface area contributed by atoms with E-state index in [4.69, 9.17) is 4.74 Å². The fourth-order valence-electron chi connectivity index (χ4n) is 2.68. The van der Waals surface area contributed by atoms with E-state index in [1.807, 2.05) is 0 Å². The topological polar surface area (TPSA) is 97.3 Å². The smallest absolute Gasteiger partial charge is 0.344 e. The normalized spacial score (nSPS) is 21.7. The van der Waals surface area contributed by atoms with Gasteiger partial charge >= 0.3 is 5.69 Å². The SMILES string of the molecule is O=C1CCCN1C(=O)CSc1n[nH]c(=O)n1C[C@H]1CCCO1. The number of H-pyrrole nitrogens is 1. The number of imide groups is 1. The van der Waals surface area contributed by atoms with Gasteiger partial charge in [0.15, 0.2) is 5.16 Å². The van der Waals surface area contributed by atoms with Crippen LogP contribution in [0.25, 0.3) is 0 Å².